The van der Waals surface area contributed by atoms with Crippen molar-refractivity contribution in [1.82, 2.24) is 24.1 Å². The number of ether oxygens (including phenoxy) is 1. The normalized spacial score (nSPS) is 12.0. The molecule has 30 heavy (non-hydrogen) atoms. The van der Waals surface area contributed by atoms with Gasteiger partial charge in [-0.1, -0.05) is 5.16 Å². The number of aliphatic hydroxyl groups is 1. The third-order valence-corrected chi connectivity index (χ3v) is 4.66. The number of hydrogen-bond donors (Lipinski definition) is 1. The van der Waals surface area contributed by atoms with Crippen molar-refractivity contribution in [1.29, 1.82) is 5.26 Å². The molecule has 154 valence electrons. The van der Waals surface area contributed by atoms with Crippen molar-refractivity contribution in [2.45, 2.75) is 26.0 Å². The summed E-state index contributed by atoms with van der Waals surface area (Å²) in [5, 5.41) is 23.3. The Labute approximate surface area is 168 Å². The lowest BCUT2D eigenvalue weighted by molar-refractivity contribution is 0.0661. The smallest absolute Gasteiger partial charge is 0.279 e. The van der Waals surface area contributed by atoms with Crippen LogP contribution >= 0.6 is 0 Å². The molecular weight excluding hydrogens is 395 g/mol. The van der Waals surface area contributed by atoms with Gasteiger partial charge in [0.15, 0.2) is 5.69 Å². The predicted octanol–water partition coefficient (Wildman–Crippen LogP) is 1.58. The van der Waals surface area contributed by atoms with Crippen molar-refractivity contribution >= 4 is 16.6 Å². The fourth-order valence-corrected chi connectivity index (χ4v) is 3.21. The maximum Gasteiger partial charge on any atom is 0.279 e. The van der Waals surface area contributed by atoms with Gasteiger partial charge in [-0.2, -0.15) is 10.2 Å². The summed E-state index contributed by atoms with van der Waals surface area (Å²) in [6.07, 6.45) is 1.36. The van der Waals surface area contributed by atoms with Crippen LogP contribution in [0.15, 0.2) is 27.8 Å². The molecule has 0 aliphatic rings. The van der Waals surface area contributed by atoms with E-state index in [1.807, 2.05) is 6.07 Å². The molecule has 3 heterocycles. The van der Waals surface area contributed by atoms with Crippen molar-refractivity contribution in [2.75, 3.05) is 13.7 Å². The van der Waals surface area contributed by atoms with E-state index in [1.165, 1.54) is 42.3 Å². The number of rotatable bonds is 5. The third-order valence-electron chi connectivity index (χ3n) is 4.66. The van der Waals surface area contributed by atoms with Gasteiger partial charge in [0, 0.05) is 13.7 Å². The topological polar surface area (TPSA) is 131 Å². The molecule has 0 fully saturated rings. The summed E-state index contributed by atoms with van der Waals surface area (Å²) in [4.78, 5) is 21.7. The van der Waals surface area contributed by atoms with Crippen LogP contribution in [0.25, 0.3) is 28.1 Å². The molecule has 3 aromatic heterocycles. The fourth-order valence-electron chi connectivity index (χ4n) is 3.21. The Hall–Kier alpha value is -3.62. The zero-order chi connectivity index (χ0) is 21.6. The van der Waals surface area contributed by atoms with Crippen LogP contribution < -0.4 is 5.56 Å². The van der Waals surface area contributed by atoms with Crippen LogP contribution in [-0.4, -0.2) is 42.9 Å². The maximum atomic E-state index is 14.3. The second-order valence-electron chi connectivity index (χ2n) is 7.15. The van der Waals surface area contributed by atoms with Crippen LogP contribution in [0, 0.1) is 17.1 Å². The van der Waals surface area contributed by atoms with Crippen molar-refractivity contribution < 1.29 is 18.8 Å². The lowest BCUT2D eigenvalue weighted by Crippen LogP contribution is -2.25. The standard InChI is InChI=1S/C19H17FN6O4/c1-19(2,28)18-23-16(30-24-18)13-15-17(27)25(6-7-29-3)14-10(8-21)11(20)4-5-12(14)26(15)9-22-13/h4-5,9,28H,6-7H2,1-3H3. The quantitative estimate of drug-likeness (QED) is 0.523. The Balaban J connectivity index is 2.09. The lowest BCUT2D eigenvalue weighted by atomic mass is 10.1. The summed E-state index contributed by atoms with van der Waals surface area (Å²) >= 11 is 0. The highest BCUT2D eigenvalue weighted by Crippen LogP contribution is 2.27. The minimum atomic E-state index is -1.35. The van der Waals surface area contributed by atoms with Crippen LogP contribution in [-0.2, 0) is 16.9 Å². The van der Waals surface area contributed by atoms with Gasteiger partial charge in [-0.3, -0.25) is 9.20 Å². The monoisotopic (exact) mass is 412 g/mol. The summed E-state index contributed by atoms with van der Waals surface area (Å²) in [7, 11) is 1.47. The minimum Gasteiger partial charge on any atom is -0.383 e. The summed E-state index contributed by atoms with van der Waals surface area (Å²) in [6.45, 7) is 3.25. The van der Waals surface area contributed by atoms with Gasteiger partial charge in [-0.25, -0.2) is 9.37 Å². The molecule has 1 aromatic carbocycles. The van der Waals surface area contributed by atoms with Crippen molar-refractivity contribution in [3.63, 3.8) is 0 Å². The first-order chi connectivity index (χ1) is 14.3. The molecule has 0 aliphatic carbocycles. The van der Waals surface area contributed by atoms with Gasteiger partial charge in [-0.05, 0) is 26.0 Å². The minimum absolute atomic E-state index is 0.0352. The number of halogens is 1. The zero-order valence-electron chi connectivity index (χ0n) is 16.4. The molecule has 0 bridgehead atoms. The first-order valence-electron chi connectivity index (χ1n) is 8.96. The van der Waals surface area contributed by atoms with Gasteiger partial charge in [0.25, 0.3) is 11.4 Å². The number of benzene rings is 1. The van der Waals surface area contributed by atoms with Crippen molar-refractivity contribution in [2.24, 2.45) is 0 Å². The molecule has 0 unspecified atom stereocenters. The summed E-state index contributed by atoms with van der Waals surface area (Å²) in [5.41, 5.74) is -1.36. The zero-order valence-corrected chi connectivity index (χ0v) is 16.4. The maximum absolute atomic E-state index is 14.3. The van der Waals surface area contributed by atoms with E-state index in [-0.39, 0.29) is 47.2 Å². The number of nitriles is 1. The Bertz CT molecular complexity index is 1370. The molecule has 11 heteroatoms. The van der Waals surface area contributed by atoms with E-state index in [9.17, 15) is 19.6 Å². The van der Waals surface area contributed by atoms with Crippen molar-refractivity contribution in [3.05, 3.63) is 46.0 Å². The van der Waals surface area contributed by atoms with Gasteiger partial charge in [0.05, 0.1) is 17.6 Å². The van der Waals surface area contributed by atoms with Crippen LogP contribution in [0.2, 0.25) is 0 Å². The van der Waals surface area contributed by atoms with Gasteiger partial charge < -0.3 is 18.9 Å². The molecule has 0 amide bonds. The summed E-state index contributed by atoms with van der Waals surface area (Å²) in [5.74, 6) is -0.748. The molecule has 4 rings (SSSR count). The van der Waals surface area contributed by atoms with Crippen LogP contribution in [0.5, 0.6) is 0 Å². The second-order valence-corrected chi connectivity index (χ2v) is 7.15. The third kappa shape index (κ3) is 2.94. The van der Waals surface area contributed by atoms with E-state index in [0.29, 0.717) is 5.52 Å². The van der Waals surface area contributed by atoms with E-state index in [1.54, 1.807) is 0 Å². The summed E-state index contributed by atoms with van der Waals surface area (Å²) < 4.78 is 27.3. The second kappa shape index (κ2) is 7.01. The molecular formula is C19H17FN6O4. The lowest BCUT2D eigenvalue weighted by Gasteiger charge is -2.13. The number of aromatic nitrogens is 5. The number of imidazole rings is 1. The molecule has 0 radical (unpaired) electrons. The molecule has 0 saturated heterocycles. The van der Waals surface area contributed by atoms with Crippen molar-refractivity contribution in [3.8, 4) is 17.7 Å². The highest BCUT2D eigenvalue weighted by atomic mass is 19.1. The Morgan fingerprint density at radius 1 is 1.37 bits per heavy atom. The van der Waals surface area contributed by atoms with E-state index >= 15 is 0 Å². The number of fused-ring (bicyclic) bond motifs is 3. The van der Waals surface area contributed by atoms with E-state index in [2.05, 4.69) is 15.1 Å². The molecule has 0 saturated carbocycles. The van der Waals surface area contributed by atoms with E-state index in [4.69, 9.17) is 9.26 Å². The molecule has 4 aromatic rings. The summed E-state index contributed by atoms with van der Waals surface area (Å²) in [6, 6.07) is 4.45. The predicted molar refractivity (Wildman–Crippen MR) is 102 cm³/mol. The number of nitrogens with zero attached hydrogens (tertiary/aromatic N) is 6. The molecule has 0 aliphatic heterocycles. The largest absolute Gasteiger partial charge is 0.383 e. The van der Waals surface area contributed by atoms with E-state index < -0.39 is 17.0 Å². The highest BCUT2D eigenvalue weighted by Gasteiger charge is 2.27. The Morgan fingerprint density at radius 2 is 2.13 bits per heavy atom. The first-order valence-corrected chi connectivity index (χ1v) is 8.96. The fraction of sp³-hybridized carbons (Fsp3) is 0.316. The van der Waals surface area contributed by atoms with Gasteiger partial charge >= 0.3 is 0 Å². The SMILES string of the molecule is COCCn1c(=O)c2c(-c3nc(C(C)(C)O)no3)ncn2c2ccc(F)c(C#N)c21. The van der Waals surface area contributed by atoms with Gasteiger partial charge in [0.2, 0.25) is 5.82 Å². The average molecular weight is 412 g/mol. The molecule has 0 spiro atoms. The van der Waals surface area contributed by atoms with Crippen LogP contribution in [0.1, 0.15) is 25.2 Å². The molecule has 1 N–H and O–H groups in total. The number of methoxy groups -OCH3 is 1. The van der Waals surface area contributed by atoms with Gasteiger partial charge in [-0.15, -0.1) is 0 Å². The Kier molecular flexibility index (Phi) is 4.60. The average Bonchev–Trinajstić information content (AvgIpc) is 3.35. The van der Waals surface area contributed by atoms with Crippen LogP contribution in [0.4, 0.5) is 4.39 Å². The van der Waals surface area contributed by atoms with Gasteiger partial charge in [0.1, 0.15) is 34.9 Å². The number of hydrogen-bond acceptors (Lipinski definition) is 8. The van der Waals surface area contributed by atoms with Crippen LogP contribution in [0.3, 0.4) is 0 Å². The highest BCUT2D eigenvalue weighted by molar-refractivity contribution is 5.87. The molecule has 0 atom stereocenters. The molecule has 10 nitrogen and oxygen atoms in total. The Morgan fingerprint density at radius 3 is 2.77 bits per heavy atom. The van der Waals surface area contributed by atoms with E-state index in [0.717, 1.165) is 6.07 Å². The first kappa shape index (κ1) is 19.7.